The highest BCUT2D eigenvalue weighted by Crippen LogP contribution is 2.33. The van der Waals surface area contributed by atoms with Gasteiger partial charge in [0, 0.05) is 1.43 Å². The van der Waals surface area contributed by atoms with Crippen LogP contribution >= 0.6 is 0 Å². The summed E-state index contributed by atoms with van der Waals surface area (Å²) in [4.78, 5) is 3.56. The van der Waals surface area contributed by atoms with Crippen LogP contribution in [-0.4, -0.2) is 4.98 Å². The molecule has 1 heterocycles. The van der Waals surface area contributed by atoms with Crippen LogP contribution < -0.4 is 0 Å². The number of hydrogen-bond acceptors (Lipinski definition) is 2. The van der Waals surface area contributed by atoms with Gasteiger partial charge in [-0.25, -0.2) is 4.98 Å². The van der Waals surface area contributed by atoms with Crippen LogP contribution in [0, 0.1) is 0 Å². The molecular weight excluding hydrogens is 282 g/mol. The molecule has 0 bridgehead atoms. The quantitative estimate of drug-likeness (QED) is 0.384. The lowest BCUT2D eigenvalue weighted by Gasteiger charge is -2.18. The van der Waals surface area contributed by atoms with Gasteiger partial charge < -0.3 is 4.42 Å². The Balaban J connectivity index is 0.000000245. The molecule has 0 spiro atoms. The van der Waals surface area contributed by atoms with E-state index in [0.29, 0.717) is 0 Å². The van der Waals surface area contributed by atoms with Crippen molar-refractivity contribution in [1.29, 1.82) is 0 Å². The molecule has 23 heavy (non-hydrogen) atoms. The van der Waals surface area contributed by atoms with E-state index in [0.717, 1.165) is 0 Å². The van der Waals surface area contributed by atoms with Gasteiger partial charge in [-0.2, -0.15) is 0 Å². The Morgan fingerprint density at radius 3 is 2.52 bits per heavy atom. The third-order valence-electron chi connectivity index (χ3n) is 4.60. The highest BCUT2D eigenvalue weighted by Gasteiger charge is 2.13. The predicted molar refractivity (Wildman–Crippen MR) is 96.7 cm³/mol. The summed E-state index contributed by atoms with van der Waals surface area (Å²) in [5.41, 5.74) is 3.17. The fourth-order valence-electron chi connectivity index (χ4n) is 3.52. The van der Waals surface area contributed by atoms with Crippen LogP contribution in [0.15, 0.2) is 71.8 Å². The molecule has 4 aromatic rings. The first-order valence-corrected chi connectivity index (χ1v) is 8.18. The van der Waals surface area contributed by atoms with Gasteiger partial charge in [0.15, 0.2) is 6.39 Å². The Morgan fingerprint density at radius 1 is 0.826 bits per heavy atom. The highest BCUT2D eigenvalue weighted by atomic mass is 16.3. The van der Waals surface area contributed by atoms with Crippen molar-refractivity contribution in [3.63, 3.8) is 0 Å². The zero-order chi connectivity index (χ0) is 15.5. The predicted octanol–water partition coefficient (Wildman–Crippen LogP) is 5.79. The van der Waals surface area contributed by atoms with E-state index in [4.69, 9.17) is 0 Å². The van der Waals surface area contributed by atoms with Gasteiger partial charge in [0.25, 0.3) is 0 Å². The second kappa shape index (κ2) is 6.25. The fourth-order valence-corrected chi connectivity index (χ4v) is 3.52. The van der Waals surface area contributed by atoms with Crippen molar-refractivity contribution in [2.24, 2.45) is 0 Å². The monoisotopic (exact) mass is 303 g/mol. The molecule has 0 saturated heterocycles. The van der Waals surface area contributed by atoms with Crippen molar-refractivity contribution in [3.8, 4) is 0 Å². The Morgan fingerprint density at radius 2 is 1.70 bits per heavy atom. The van der Waals surface area contributed by atoms with Gasteiger partial charge in [-0.3, -0.25) is 0 Å². The standard InChI is InChI=1S/C18H16.C3H3NO.H2/c1-3-7-15-13(5-1)9-11-18-16-8-4-2-6-14(16)10-12-17(15)18;1-2-5-3-4-1;/h1,3,5,7,9-12H,2,4,6,8H2;1-3H;1H. The summed E-state index contributed by atoms with van der Waals surface area (Å²) in [6.45, 7) is 0. The number of nitrogens with zero attached hydrogens (tertiary/aromatic N) is 1. The SMILES string of the molecule is [HH].c1ccc2c(c1)ccc1c3c(ccc12)CCCC3.c1cocn1. The van der Waals surface area contributed by atoms with E-state index in [-0.39, 0.29) is 1.43 Å². The number of aryl methyl sites for hydroxylation is 2. The molecule has 0 atom stereocenters. The number of rotatable bonds is 0. The molecule has 2 nitrogen and oxygen atoms in total. The van der Waals surface area contributed by atoms with Gasteiger partial charge in [-0.1, -0.05) is 48.5 Å². The molecule has 0 fully saturated rings. The number of aromatic nitrogens is 1. The van der Waals surface area contributed by atoms with E-state index in [1.54, 1.807) is 17.3 Å². The molecule has 116 valence electrons. The molecule has 5 rings (SSSR count). The van der Waals surface area contributed by atoms with E-state index in [2.05, 4.69) is 57.9 Å². The van der Waals surface area contributed by atoms with Gasteiger partial charge in [0.2, 0.25) is 0 Å². The normalized spacial score (nSPS) is 13.4. The molecule has 2 heteroatoms. The summed E-state index contributed by atoms with van der Waals surface area (Å²) in [7, 11) is 0. The summed E-state index contributed by atoms with van der Waals surface area (Å²) >= 11 is 0. The van der Waals surface area contributed by atoms with Crippen LogP contribution in [-0.2, 0) is 12.8 Å². The molecular formula is C21H21NO. The Hall–Kier alpha value is -2.61. The van der Waals surface area contributed by atoms with Gasteiger partial charge in [-0.15, -0.1) is 0 Å². The average Bonchev–Trinajstić information content (AvgIpc) is 3.21. The van der Waals surface area contributed by atoms with Crippen molar-refractivity contribution in [3.05, 3.63) is 78.5 Å². The third kappa shape index (κ3) is 2.72. The number of benzene rings is 3. The second-order valence-corrected chi connectivity index (χ2v) is 5.97. The maximum atomic E-state index is 4.47. The van der Waals surface area contributed by atoms with Crippen LogP contribution in [0.25, 0.3) is 21.5 Å². The molecule has 0 amide bonds. The van der Waals surface area contributed by atoms with Crippen LogP contribution in [0.2, 0.25) is 0 Å². The largest absolute Gasteiger partial charge is 0.452 e. The van der Waals surface area contributed by atoms with E-state index in [9.17, 15) is 0 Å². The minimum atomic E-state index is 0. The lowest BCUT2D eigenvalue weighted by atomic mass is 9.86. The number of hydrogen-bond donors (Lipinski definition) is 0. The first-order chi connectivity index (χ1) is 11.4. The number of fused-ring (bicyclic) bond motifs is 5. The van der Waals surface area contributed by atoms with E-state index in [1.807, 2.05) is 0 Å². The number of oxazole rings is 1. The molecule has 0 aliphatic heterocycles. The molecule has 3 aromatic carbocycles. The van der Waals surface area contributed by atoms with Crippen LogP contribution in [0.5, 0.6) is 0 Å². The average molecular weight is 303 g/mol. The molecule has 0 radical (unpaired) electrons. The zero-order valence-electron chi connectivity index (χ0n) is 13.0. The van der Waals surface area contributed by atoms with Gasteiger partial charge in [-0.05, 0) is 58.4 Å². The van der Waals surface area contributed by atoms with Crippen LogP contribution in [0.3, 0.4) is 0 Å². The summed E-state index contributed by atoms with van der Waals surface area (Å²) in [6, 6.07) is 18.0. The summed E-state index contributed by atoms with van der Waals surface area (Å²) < 4.78 is 4.47. The highest BCUT2D eigenvalue weighted by molar-refractivity contribution is 6.08. The summed E-state index contributed by atoms with van der Waals surface area (Å²) in [6.07, 6.45) is 9.69. The van der Waals surface area contributed by atoms with Crippen molar-refractivity contribution in [2.75, 3.05) is 0 Å². The minimum Gasteiger partial charge on any atom is -0.452 e. The second-order valence-electron chi connectivity index (χ2n) is 5.97. The van der Waals surface area contributed by atoms with Crippen molar-refractivity contribution in [2.45, 2.75) is 25.7 Å². The molecule has 0 unspecified atom stereocenters. The minimum absolute atomic E-state index is 0. The van der Waals surface area contributed by atoms with Gasteiger partial charge >= 0.3 is 0 Å². The maximum absolute atomic E-state index is 4.47. The van der Waals surface area contributed by atoms with Gasteiger partial charge in [0.1, 0.15) is 6.26 Å². The maximum Gasteiger partial charge on any atom is 0.180 e. The van der Waals surface area contributed by atoms with Crippen molar-refractivity contribution < 1.29 is 5.84 Å². The molecule has 0 saturated carbocycles. The van der Waals surface area contributed by atoms with Crippen LogP contribution in [0.1, 0.15) is 25.4 Å². The first kappa shape index (κ1) is 14.0. The molecule has 1 aliphatic rings. The summed E-state index contributed by atoms with van der Waals surface area (Å²) in [5, 5.41) is 5.64. The molecule has 1 aromatic heterocycles. The Bertz CT molecular complexity index is 914. The fraction of sp³-hybridized carbons (Fsp3) is 0.190. The third-order valence-corrected chi connectivity index (χ3v) is 4.60. The first-order valence-electron chi connectivity index (χ1n) is 8.18. The van der Waals surface area contributed by atoms with E-state index in [1.165, 1.54) is 59.9 Å². The van der Waals surface area contributed by atoms with E-state index >= 15 is 0 Å². The lowest BCUT2D eigenvalue weighted by molar-refractivity contribution is 0.558. The van der Waals surface area contributed by atoms with E-state index < -0.39 is 0 Å². The van der Waals surface area contributed by atoms with Crippen molar-refractivity contribution >= 4 is 21.5 Å². The molecule has 0 N–H and O–H groups in total. The van der Waals surface area contributed by atoms with Crippen LogP contribution in [0.4, 0.5) is 0 Å². The summed E-state index contributed by atoms with van der Waals surface area (Å²) in [5.74, 6) is 0. The Labute approximate surface area is 137 Å². The molecule has 1 aliphatic carbocycles. The zero-order valence-corrected chi connectivity index (χ0v) is 13.0. The lowest BCUT2D eigenvalue weighted by Crippen LogP contribution is -2.02. The van der Waals surface area contributed by atoms with Crippen molar-refractivity contribution in [1.82, 2.24) is 4.98 Å². The Kier molecular flexibility index (Phi) is 3.81. The topological polar surface area (TPSA) is 26.0 Å². The smallest absolute Gasteiger partial charge is 0.180 e. The van der Waals surface area contributed by atoms with Gasteiger partial charge in [0.05, 0.1) is 6.20 Å².